The monoisotopic (exact) mass is 550 g/mol. The molecule has 1 aliphatic heterocycles. The van der Waals surface area contributed by atoms with Crippen LogP contribution in [0.25, 0.3) is 16.8 Å². The maximum absolute atomic E-state index is 14.0. The summed E-state index contributed by atoms with van der Waals surface area (Å²) in [5.74, 6) is -0.503. The van der Waals surface area contributed by atoms with E-state index in [9.17, 15) is 18.0 Å². The average molecular weight is 551 g/mol. The van der Waals surface area contributed by atoms with Crippen LogP contribution in [0.2, 0.25) is 0 Å². The van der Waals surface area contributed by atoms with E-state index < -0.39 is 23.4 Å². The molecule has 0 bridgehead atoms. The molecule has 5 rings (SSSR count). The van der Waals surface area contributed by atoms with Crippen molar-refractivity contribution in [2.75, 3.05) is 5.01 Å². The van der Waals surface area contributed by atoms with Crippen LogP contribution < -0.4 is 9.75 Å². The SMILES string of the molecule is O=C1/C(=C\c2c(OCc3ccc(Br)cc3)ccc3ccccc23)C(C(F)(F)F)=NN1c1ccccc1. The van der Waals surface area contributed by atoms with E-state index >= 15 is 0 Å². The van der Waals surface area contributed by atoms with Crippen molar-refractivity contribution in [3.05, 3.63) is 112 Å². The number of hydrogen-bond acceptors (Lipinski definition) is 3. The summed E-state index contributed by atoms with van der Waals surface area (Å²) in [4.78, 5) is 13.2. The normalized spacial score (nSPS) is 15.0. The Balaban J connectivity index is 1.61. The number of nitrogens with zero attached hydrogens (tertiary/aromatic N) is 2. The highest BCUT2D eigenvalue weighted by Gasteiger charge is 2.47. The molecule has 0 N–H and O–H groups in total. The summed E-state index contributed by atoms with van der Waals surface area (Å²) < 4.78 is 49.0. The van der Waals surface area contributed by atoms with Crippen molar-refractivity contribution in [1.29, 1.82) is 0 Å². The molecule has 1 heterocycles. The van der Waals surface area contributed by atoms with Gasteiger partial charge in [-0.05, 0) is 52.7 Å². The first-order valence-electron chi connectivity index (χ1n) is 11.0. The fourth-order valence-corrected chi connectivity index (χ4v) is 4.20. The van der Waals surface area contributed by atoms with Gasteiger partial charge in [0, 0.05) is 10.0 Å². The topological polar surface area (TPSA) is 41.9 Å². The Morgan fingerprint density at radius 2 is 1.58 bits per heavy atom. The van der Waals surface area contributed by atoms with Gasteiger partial charge in [0.05, 0.1) is 11.3 Å². The predicted octanol–water partition coefficient (Wildman–Crippen LogP) is 7.53. The maximum atomic E-state index is 14.0. The standard InChI is InChI=1S/C28H18BrF3N2O2/c29-20-13-10-18(11-14-20)17-36-25-15-12-19-6-4-5-9-22(19)23(25)16-24-26(28(30,31)32)33-34(27(24)35)21-7-2-1-3-8-21/h1-16H,17H2/b24-16-. The summed E-state index contributed by atoms with van der Waals surface area (Å²) >= 11 is 3.39. The van der Waals surface area contributed by atoms with Gasteiger partial charge in [0.25, 0.3) is 5.91 Å². The zero-order valence-electron chi connectivity index (χ0n) is 18.7. The van der Waals surface area contributed by atoms with Crippen molar-refractivity contribution in [3.8, 4) is 5.75 Å². The minimum absolute atomic E-state index is 0.200. The van der Waals surface area contributed by atoms with Gasteiger partial charge in [-0.3, -0.25) is 4.79 Å². The number of hydrogen-bond donors (Lipinski definition) is 0. The highest BCUT2D eigenvalue weighted by atomic mass is 79.9. The van der Waals surface area contributed by atoms with Crippen LogP contribution in [0.3, 0.4) is 0 Å². The number of carbonyl (C=O) groups excluding carboxylic acids is 1. The maximum Gasteiger partial charge on any atom is 0.435 e. The van der Waals surface area contributed by atoms with Gasteiger partial charge in [0.2, 0.25) is 0 Å². The minimum atomic E-state index is -4.83. The van der Waals surface area contributed by atoms with Crippen LogP contribution >= 0.6 is 15.9 Å². The Hall–Kier alpha value is -3.91. The molecule has 0 spiro atoms. The van der Waals surface area contributed by atoms with Gasteiger partial charge in [-0.1, -0.05) is 76.6 Å². The molecule has 0 aliphatic carbocycles. The van der Waals surface area contributed by atoms with Gasteiger partial charge in [-0.25, -0.2) is 0 Å². The van der Waals surface area contributed by atoms with Gasteiger partial charge in [0.1, 0.15) is 12.4 Å². The molecule has 8 heteroatoms. The lowest BCUT2D eigenvalue weighted by atomic mass is 9.99. The molecule has 4 aromatic carbocycles. The third-order valence-corrected chi connectivity index (χ3v) is 6.20. The first-order valence-corrected chi connectivity index (χ1v) is 11.8. The smallest absolute Gasteiger partial charge is 0.435 e. The first kappa shape index (κ1) is 23.8. The molecule has 0 fully saturated rings. The Morgan fingerprint density at radius 3 is 2.31 bits per heavy atom. The summed E-state index contributed by atoms with van der Waals surface area (Å²) in [6.07, 6.45) is -3.59. The Morgan fingerprint density at radius 1 is 0.889 bits per heavy atom. The van der Waals surface area contributed by atoms with E-state index in [2.05, 4.69) is 21.0 Å². The lowest BCUT2D eigenvalue weighted by molar-refractivity contribution is -0.114. The van der Waals surface area contributed by atoms with E-state index in [4.69, 9.17) is 4.74 Å². The number of hydrazone groups is 1. The van der Waals surface area contributed by atoms with Crippen LogP contribution in [0, 0.1) is 0 Å². The van der Waals surface area contributed by atoms with Gasteiger partial charge in [-0.15, -0.1) is 0 Å². The van der Waals surface area contributed by atoms with Gasteiger partial charge in [0.15, 0.2) is 5.71 Å². The summed E-state index contributed by atoms with van der Waals surface area (Å²) in [6, 6.07) is 26.3. The molecule has 1 aliphatic rings. The number of para-hydroxylation sites is 1. The zero-order valence-corrected chi connectivity index (χ0v) is 20.3. The van der Waals surface area contributed by atoms with Crippen LogP contribution in [0.5, 0.6) is 5.75 Å². The second-order valence-corrected chi connectivity index (χ2v) is 8.99. The van der Waals surface area contributed by atoms with Gasteiger partial charge < -0.3 is 4.74 Å². The number of benzene rings is 4. The fourth-order valence-electron chi connectivity index (χ4n) is 3.93. The largest absolute Gasteiger partial charge is 0.488 e. The van der Waals surface area contributed by atoms with Crippen LogP contribution in [0.4, 0.5) is 18.9 Å². The third kappa shape index (κ3) is 4.77. The second kappa shape index (κ2) is 9.62. The number of fused-ring (bicyclic) bond motifs is 1. The number of amides is 1. The molecular weight excluding hydrogens is 533 g/mol. The molecule has 4 aromatic rings. The van der Waals surface area contributed by atoms with Crippen molar-refractivity contribution in [1.82, 2.24) is 0 Å². The molecule has 0 aromatic heterocycles. The quantitative estimate of drug-likeness (QED) is 0.241. The van der Waals surface area contributed by atoms with Crippen molar-refractivity contribution >= 4 is 50.1 Å². The van der Waals surface area contributed by atoms with E-state index in [0.717, 1.165) is 20.4 Å². The van der Waals surface area contributed by atoms with Crippen molar-refractivity contribution in [2.45, 2.75) is 12.8 Å². The van der Waals surface area contributed by atoms with E-state index in [1.165, 1.54) is 18.2 Å². The number of alkyl halides is 3. The average Bonchev–Trinajstić information content (AvgIpc) is 3.21. The Kier molecular flexibility index (Phi) is 6.36. The van der Waals surface area contributed by atoms with E-state index in [0.29, 0.717) is 16.7 Å². The molecule has 0 saturated heterocycles. The van der Waals surface area contributed by atoms with Crippen LogP contribution in [-0.2, 0) is 11.4 Å². The lowest BCUT2D eigenvalue weighted by Crippen LogP contribution is -2.25. The number of rotatable bonds is 5. The van der Waals surface area contributed by atoms with E-state index in [-0.39, 0.29) is 12.3 Å². The third-order valence-electron chi connectivity index (χ3n) is 5.67. The first-order chi connectivity index (χ1) is 17.3. The summed E-state index contributed by atoms with van der Waals surface area (Å²) in [5.41, 5.74) is -0.285. The van der Waals surface area contributed by atoms with Crippen LogP contribution in [0.1, 0.15) is 11.1 Å². The van der Waals surface area contributed by atoms with Crippen molar-refractivity contribution < 1.29 is 22.7 Å². The highest BCUT2D eigenvalue weighted by Crippen LogP contribution is 2.36. The molecule has 0 unspecified atom stereocenters. The second-order valence-electron chi connectivity index (χ2n) is 8.07. The van der Waals surface area contributed by atoms with Crippen LogP contribution in [-0.4, -0.2) is 17.8 Å². The molecule has 36 heavy (non-hydrogen) atoms. The molecule has 0 atom stereocenters. The number of halogens is 4. The summed E-state index contributed by atoms with van der Waals surface area (Å²) in [6.45, 7) is 0.200. The number of carbonyl (C=O) groups is 1. The Bertz CT molecular complexity index is 1500. The number of ether oxygens (including phenoxy) is 1. The molecule has 0 saturated carbocycles. The number of anilines is 1. The van der Waals surface area contributed by atoms with Crippen molar-refractivity contribution in [3.63, 3.8) is 0 Å². The van der Waals surface area contributed by atoms with E-state index in [1.54, 1.807) is 36.4 Å². The zero-order chi connectivity index (χ0) is 25.3. The summed E-state index contributed by atoms with van der Waals surface area (Å²) in [7, 11) is 0. The molecule has 4 nitrogen and oxygen atoms in total. The summed E-state index contributed by atoms with van der Waals surface area (Å²) in [5, 5.41) is 5.90. The molecule has 1 amide bonds. The highest BCUT2D eigenvalue weighted by molar-refractivity contribution is 9.10. The van der Waals surface area contributed by atoms with Crippen molar-refractivity contribution in [2.24, 2.45) is 5.10 Å². The van der Waals surface area contributed by atoms with Gasteiger partial charge in [-0.2, -0.15) is 23.3 Å². The molecular formula is C28H18BrF3N2O2. The predicted molar refractivity (Wildman–Crippen MR) is 138 cm³/mol. The van der Waals surface area contributed by atoms with E-state index in [1.807, 2.05) is 42.5 Å². The molecule has 0 radical (unpaired) electrons. The molecule has 180 valence electrons. The van der Waals surface area contributed by atoms with Crippen LogP contribution in [0.15, 0.2) is 106 Å². The minimum Gasteiger partial charge on any atom is -0.488 e. The Labute approximate surface area is 213 Å². The lowest BCUT2D eigenvalue weighted by Gasteiger charge is -2.14. The van der Waals surface area contributed by atoms with Gasteiger partial charge >= 0.3 is 6.18 Å². The fraction of sp³-hybridized carbons (Fsp3) is 0.0714.